The Bertz CT molecular complexity index is 979. The SMILES string of the molecule is CC[C@H](NC(=O)c1ccc(S(N)(=O)=O)cc1)c1cn2cccnc2n1. The Labute approximate surface area is 144 Å². The zero-order valence-electron chi connectivity index (χ0n) is 13.5. The molecule has 3 rings (SSSR count). The van der Waals surface area contributed by atoms with Crippen molar-refractivity contribution in [3.8, 4) is 0 Å². The van der Waals surface area contributed by atoms with Crippen LogP contribution in [0.5, 0.6) is 0 Å². The maximum absolute atomic E-state index is 12.4. The van der Waals surface area contributed by atoms with Crippen LogP contribution in [0.1, 0.15) is 35.4 Å². The Morgan fingerprint density at radius 1 is 1.32 bits per heavy atom. The first-order chi connectivity index (χ1) is 11.9. The molecule has 0 unspecified atom stereocenters. The summed E-state index contributed by atoms with van der Waals surface area (Å²) in [6.45, 7) is 1.94. The smallest absolute Gasteiger partial charge is 0.251 e. The van der Waals surface area contributed by atoms with Crippen LogP contribution in [0.3, 0.4) is 0 Å². The highest BCUT2D eigenvalue weighted by molar-refractivity contribution is 7.89. The monoisotopic (exact) mass is 359 g/mol. The maximum Gasteiger partial charge on any atom is 0.251 e. The number of amides is 1. The van der Waals surface area contributed by atoms with Gasteiger partial charge in [0.15, 0.2) is 0 Å². The van der Waals surface area contributed by atoms with Crippen LogP contribution in [0.4, 0.5) is 0 Å². The Morgan fingerprint density at radius 3 is 2.64 bits per heavy atom. The summed E-state index contributed by atoms with van der Waals surface area (Å²) in [4.78, 5) is 21.0. The highest BCUT2D eigenvalue weighted by atomic mass is 32.2. The van der Waals surface area contributed by atoms with Crippen LogP contribution in [0.15, 0.2) is 53.8 Å². The molecular weight excluding hydrogens is 342 g/mol. The molecule has 0 radical (unpaired) electrons. The second kappa shape index (κ2) is 6.61. The van der Waals surface area contributed by atoms with E-state index >= 15 is 0 Å². The van der Waals surface area contributed by atoms with Crippen LogP contribution in [0.25, 0.3) is 5.78 Å². The van der Waals surface area contributed by atoms with Crippen molar-refractivity contribution in [1.29, 1.82) is 0 Å². The third-order valence-electron chi connectivity index (χ3n) is 3.77. The van der Waals surface area contributed by atoms with Gasteiger partial charge in [-0.15, -0.1) is 0 Å². The van der Waals surface area contributed by atoms with E-state index in [4.69, 9.17) is 5.14 Å². The average Bonchev–Trinajstić information content (AvgIpc) is 3.02. The molecule has 8 nitrogen and oxygen atoms in total. The highest BCUT2D eigenvalue weighted by Gasteiger charge is 2.18. The van der Waals surface area contributed by atoms with Gasteiger partial charge in [-0.25, -0.2) is 23.5 Å². The summed E-state index contributed by atoms with van der Waals surface area (Å²) in [6.07, 6.45) is 5.95. The minimum absolute atomic E-state index is 0.0393. The second-order valence-electron chi connectivity index (χ2n) is 5.50. The number of fused-ring (bicyclic) bond motifs is 1. The van der Waals surface area contributed by atoms with E-state index in [2.05, 4.69) is 15.3 Å². The number of nitrogens with zero attached hydrogens (tertiary/aromatic N) is 3. The molecule has 25 heavy (non-hydrogen) atoms. The number of nitrogens with one attached hydrogen (secondary N) is 1. The van der Waals surface area contributed by atoms with E-state index in [1.54, 1.807) is 16.7 Å². The average molecular weight is 359 g/mol. The highest BCUT2D eigenvalue weighted by Crippen LogP contribution is 2.17. The van der Waals surface area contributed by atoms with E-state index in [0.717, 1.165) is 0 Å². The topological polar surface area (TPSA) is 119 Å². The van der Waals surface area contributed by atoms with Gasteiger partial charge in [0, 0.05) is 24.2 Å². The maximum atomic E-state index is 12.4. The lowest BCUT2D eigenvalue weighted by Gasteiger charge is -2.14. The summed E-state index contributed by atoms with van der Waals surface area (Å²) in [5.74, 6) is 0.237. The van der Waals surface area contributed by atoms with Gasteiger partial charge < -0.3 is 5.32 Å². The summed E-state index contributed by atoms with van der Waals surface area (Å²) in [6, 6.07) is 6.97. The van der Waals surface area contributed by atoms with E-state index in [-0.39, 0.29) is 16.8 Å². The van der Waals surface area contributed by atoms with Gasteiger partial charge >= 0.3 is 0 Å². The normalized spacial score (nSPS) is 12.9. The summed E-state index contributed by atoms with van der Waals surface area (Å²) in [7, 11) is -3.78. The van der Waals surface area contributed by atoms with E-state index in [9.17, 15) is 13.2 Å². The number of imidazole rings is 1. The van der Waals surface area contributed by atoms with Gasteiger partial charge in [0.2, 0.25) is 15.8 Å². The van der Waals surface area contributed by atoms with Crippen molar-refractivity contribution < 1.29 is 13.2 Å². The number of carbonyl (C=O) groups is 1. The van der Waals surface area contributed by atoms with Gasteiger partial charge in [0.25, 0.3) is 5.91 Å². The minimum Gasteiger partial charge on any atom is -0.344 e. The molecule has 1 aromatic carbocycles. The van der Waals surface area contributed by atoms with E-state index in [0.29, 0.717) is 23.5 Å². The predicted octanol–water partition coefficient (Wildman–Crippen LogP) is 1.26. The second-order valence-corrected chi connectivity index (χ2v) is 7.06. The molecule has 3 N–H and O–H groups in total. The molecular formula is C16H17N5O3S. The van der Waals surface area contributed by atoms with Gasteiger partial charge in [0.05, 0.1) is 16.6 Å². The molecule has 1 atom stereocenters. The van der Waals surface area contributed by atoms with Crippen molar-refractivity contribution >= 4 is 21.7 Å². The lowest BCUT2D eigenvalue weighted by molar-refractivity contribution is 0.0934. The molecule has 0 bridgehead atoms. The van der Waals surface area contributed by atoms with Gasteiger partial charge in [-0.05, 0) is 36.8 Å². The lowest BCUT2D eigenvalue weighted by atomic mass is 10.1. The van der Waals surface area contributed by atoms with E-state index in [1.807, 2.05) is 19.3 Å². The van der Waals surface area contributed by atoms with Gasteiger partial charge in [0.1, 0.15) is 0 Å². The molecule has 2 aromatic heterocycles. The fourth-order valence-electron chi connectivity index (χ4n) is 2.44. The quantitative estimate of drug-likeness (QED) is 0.711. The summed E-state index contributed by atoms with van der Waals surface area (Å²) < 4.78 is 24.3. The first-order valence-corrected chi connectivity index (χ1v) is 9.16. The Hall–Kier alpha value is -2.78. The predicted molar refractivity (Wildman–Crippen MR) is 91.3 cm³/mol. The summed E-state index contributed by atoms with van der Waals surface area (Å²) in [5, 5.41) is 7.95. The molecule has 3 aromatic rings. The Morgan fingerprint density at radius 2 is 2.04 bits per heavy atom. The molecule has 0 aliphatic heterocycles. The first kappa shape index (κ1) is 17.1. The lowest BCUT2D eigenvalue weighted by Crippen LogP contribution is -2.28. The third-order valence-corrected chi connectivity index (χ3v) is 4.70. The molecule has 0 spiro atoms. The van der Waals surface area contributed by atoms with Crippen molar-refractivity contribution in [2.45, 2.75) is 24.3 Å². The third kappa shape index (κ3) is 3.67. The molecule has 9 heteroatoms. The fraction of sp³-hybridized carbons (Fsp3) is 0.188. The zero-order chi connectivity index (χ0) is 18.0. The number of primary sulfonamides is 1. The van der Waals surface area contributed by atoms with Crippen molar-refractivity contribution in [3.63, 3.8) is 0 Å². The molecule has 130 valence electrons. The van der Waals surface area contributed by atoms with Gasteiger partial charge in [-0.1, -0.05) is 6.92 Å². The Balaban J connectivity index is 1.80. The van der Waals surface area contributed by atoms with E-state index in [1.165, 1.54) is 24.3 Å². The van der Waals surface area contributed by atoms with Crippen molar-refractivity contribution in [3.05, 3.63) is 60.2 Å². The summed E-state index contributed by atoms with van der Waals surface area (Å²) >= 11 is 0. The van der Waals surface area contributed by atoms with E-state index < -0.39 is 10.0 Å². The van der Waals surface area contributed by atoms with Gasteiger partial charge in [-0.3, -0.25) is 9.20 Å². The van der Waals surface area contributed by atoms with Crippen LogP contribution in [-0.2, 0) is 10.0 Å². The standard InChI is InChI=1S/C16H17N5O3S/c1-2-13(14-10-21-9-3-8-18-16(21)20-14)19-15(22)11-4-6-12(7-5-11)25(17,23)24/h3-10,13H,2H2,1H3,(H,19,22)(H2,17,23,24)/t13-/m0/s1. The number of aromatic nitrogens is 3. The molecule has 0 saturated carbocycles. The van der Waals surface area contributed by atoms with Crippen LogP contribution in [0.2, 0.25) is 0 Å². The van der Waals surface area contributed by atoms with Crippen LogP contribution < -0.4 is 10.5 Å². The van der Waals surface area contributed by atoms with Crippen molar-refractivity contribution in [2.75, 3.05) is 0 Å². The summed E-state index contributed by atoms with van der Waals surface area (Å²) in [5.41, 5.74) is 1.04. The molecule has 0 aliphatic carbocycles. The Kier molecular flexibility index (Phi) is 4.51. The van der Waals surface area contributed by atoms with Crippen LogP contribution in [0, 0.1) is 0 Å². The fourth-order valence-corrected chi connectivity index (χ4v) is 2.95. The molecule has 0 fully saturated rings. The first-order valence-electron chi connectivity index (χ1n) is 7.62. The zero-order valence-corrected chi connectivity index (χ0v) is 14.3. The van der Waals surface area contributed by atoms with Crippen molar-refractivity contribution in [1.82, 2.24) is 19.7 Å². The number of hydrogen-bond donors (Lipinski definition) is 2. The largest absolute Gasteiger partial charge is 0.344 e. The number of nitrogens with two attached hydrogens (primary N) is 1. The van der Waals surface area contributed by atoms with Crippen LogP contribution >= 0.6 is 0 Å². The molecule has 2 heterocycles. The van der Waals surface area contributed by atoms with Gasteiger partial charge in [-0.2, -0.15) is 0 Å². The number of hydrogen-bond acceptors (Lipinski definition) is 5. The van der Waals surface area contributed by atoms with Crippen molar-refractivity contribution in [2.24, 2.45) is 5.14 Å². The number of sulfonamides is 1. The number of benzene rings is 1. The molecule has 0 saturated heterocycles. The molecule has 0 aliphatic rings. The van der Waals surface area contributed by atoms with Crippen LogP contribution in [-0.4, -0.2) is 28.7 Å². The minimum atomic E-state index is -3.78. The number of carbonyl (C=O) groups excluding carboxylic acids is 1. The molecule has 1 amide bonds. The number of rotatable bonds is 5.